The average molecular weight is 841 g/mol. The molecule has 0 amide bonds. The van der Waals surface area contributed by atoms with Crippen molar-refractivity contribution in [2.24, 2.45) is 0 Å². The van der Waals surface area contributed by atoms with E-state index in [0.717, 1.165) is 88.0 Å². The zero-order valence-electron chi connectivity index (χ0n) is 35.5. The molecule has 0 saturated heterocycles. The van der Waals surface area contributed by atoms with Crippen LogP contribution in [0.1, 0.15) is 0 Å². The van der Waals surface area contributed by atoms with Gasteiger partial charge in [0.25, 0.3) is 0 Å². The zero-order valence-corrected chi connectivity index (χ0v) is 35.5. The van der Waals surface area contributed by atoms with Crippen molar-refractivity contribution in [3.05, 3.63) is 218 Å². The maximum absolute atomic E-state index is 7.09. The van der Waals surface area contributed by atoms with E-state index < -0.39 is 0 Å². The van der Waals surface area contributed by atoms with Crippen LogP contribution >= 0.6 is 0 Å². The third kappa shape index (κ3) is 5.63. The van der Waals surface area contributed by atoms with E-state index in [1.54, 1.807) is 0 Å². The van der Waals surface area contributed by atoms with E-state index in [2.05, 4.69) is 217 Å². The second kappa shape index (κ2) is 14.3. The first-order chi connectivity index (χ1) is 32.7. The minimum absolute atomic E-state index is 0.556. The van der Waals surface area contributed by atoms with E-state index in [0.29, 0.717) is 17.5 Å². The highest BCUT2D eigenvalue weighted by atomic mass is 16.3. The number of aromatic nitrogens is 4. The van der Waals surface area contributed by atoms with Crippen LogP contribution in [0.4, 0.5) is 0 Å². The number of fused-ring (bicyclic) bond motifs is 12. The van der Waals surface area contributed by atoms with Crippen LogP contribution in [0, 0.1) is 0 Å². The molecule has 0 N–H and O–H groups in total. The van der Waals surface area contributed by atoms with Crippen LogP contribution in [0.15, 0.2) is 223 Å². The number of nitrogens with zero attached hydrogens (tertiary/aromatic N) is 4. The Kier molecular flexibility index (Phi) is 7.91. The molecule has 0 atom stereocenters. The maximum Gasteiger partial charge on any atom is 0.164 e. The minimum Gasteiger partial charge on any atom is -0.455 e. The van der Waals surface area contributed by atoms with Gasteiger partial charge in [-0.05, 0) is 85.2 Å². The molecular formula is C61H36N4O. The Morgan fingerprint density at radius 3 is 1.68 bits per heavy atom. The zero-order chi connectivity index (χ0) is 43.3. The molecule has 0 spiro atoms. The van der Waals surface area contributed by atoms with E-state index in [4.69, 9.17) is 19.4 Å². The summed E-state index contributed by atoms with van der Waals surface area (Å²) in [4.78, 5) is 16.0. The summed E-state index contributed by atoms with van der Waals surface area (Å²) in [6, 6.07) is 77.5. The molecule has 3 heterocycles. The summed E-state index contributed by atoms with van der Waals surface area (Å²) in [5, 5.41) is 13.7. The third-order valence-corrected chi connectivity index (χ3v) is 13.4. The van der Waals surface area contributed by atoms with Crippen molar-refractivity contribution in [3.63, 3.8) is 0 Å². The van der Waals surface area contributed by atoms with E-state index in [9.17, 15) is 0 Å². The lowest BCUT2D eigenvalue weighted by Gasteiger charge is -2.14. The summed E-state index contributed by atoms with van der Waals surface area (Å²) >= 11 is 0. The van der Waals surface area contributed by atoms with Crippen LogP contribution in [0.5, 0.6) is 0 Å². The topological polar surface area (TPSA) is 56.7 Å². The first kappa shape index (κ1) is 36.5. The van der Waals surface area contributed by atoms with Gasteiger partial charge in [-0.2, -0.15) is 0 Å². The van der Waals surface area contributed by atoms with Gasteiger partial charge in [0, 0.05) is 38.2 Å². The average Bonchev–Trinajstić information content (AvgIpc) is 3.93. The minimum atomic E-state index is 0.556. The van der Waals surface area contributed by atoms with Crippen LogP contribution < -0.4 is 0 Å². The van der Waals surface area contributed by atoms with Crippen molar-refractivity contribution in [3.8, 4) is 51.0 Å². The lowest BCUT2D eigenvalue weighted by atomic mass is 10.0. The van der Waals surface area contributed by atoms with Crippen LogP contribution in [0.3, 0.4) is 0 Å². The standard InChI is InChI=1S/C61H36N4O/c1-2-13-37(14-3-1)38-25-27-42(28-26-38)59-62-60(64-61(63-59)49-24-12-20-39-15-6-9-21-46(39)49)45-35-54(57-50-31-29-41-17-8-11-23-48(41)58(50)66-55(57)36-45)65-52-32-30-40-16-7-10-22-47(40)56(52)51-33-43-18-4-5-19-44(43)34-53(51)65/h1-36H. The highest BCUT2D eigenvalue weighted by Crippen LogP contribution is 2.45. The Balaban J connectivity index is 1.09. The second-order valence-corrected chi connectivity index (χ2v) is 17.1. The quantitative estimate of drug-likeness (QED) is 0.173. The van der Waals surface area contributed by atoms with Gasteiger partial charge in [0.05, 0.1) is 22.1 Å². The van der Waals surface area contributed by atoms with Gasteiger partial charge in [-0.15, -0.1) is 0 Å². The summed E-state index contributed by atoms with van der Waals surface area (Å²) in [7, 11) is 0. The molecule has 5 nitrogen and oxygen atoms in total. The first-order valence-electron chi connectivity index (χ1n) is 22.3. The van der Waals surface area contributed by atoms with Gasteiger partial charge in [-0.3, -0.25) is 0 Å². The molecule has 0 aliphatic heterocycles. The summed E-state index contributed by atoms with van der Waals surface area (Å²) in [6.45, 7) is 0. The molecule has 11 aromatic carbocycles. The monoisotopic (exact) mass is 840 g/mol. The van der Waals surface area contributed by atoms with E-state index in [-0.39, 0.29) is 0 Å². The Morgan fingerprint density at radius 2 is 0.894 bits per heavy atom. The fourth-order valence-corrected chi connectivity index (χ4v) is 10.3. The highest BCUT2D eigenvalue weighted by Gasteiger charge is 2.24. The number of benzene rings is 11. The number of furan rings is 1. The summed E-state index contributed by atoms with van der Waals surface area (Å²) in [5.41, 5.74) is 9.76. The highest BCUT2D eigenvalue weighted by molar-refractivity contribution is 6.25. The Bertz CT molecular complexity index is 4280. The van der Waals surface area contributed by atoms with E-state index >= 15 is 0 Å². The predicted octanol–water partition coefficient (Wildman–Crippen LogP) is 16.1. The van der Waals surface area contributed by atoms with Gasteiger partial charge in [0.15, 0.2) is 17.5 Å². The summed E-state index contributed by atoms with van der Waals surface area (Å²) in [5.74, 6) is 1.75. The normalized spacial score (nSPS) is 11.9. The second-order valence-electron chi connectivity index (χ2n) is 17.1. The molecular weight excluding hydrogens is 805 g/mol. The molecule has 0 bridgehead atoms. The lowest BCUT2D eigenvalue weighted by Crippen LogP contribution is -2.02. The van der Waals surface area contributed by atoms with Crippen LogP contribution in [0.25, 0.3) is 138 Å². The van der Waals surface area contributed by atoms with Gasteiger partial charge in [-0.1, -0.05) is 182 Å². The van der Waals surface area contributed by atoms with Gasteiger partial charge in [-0.25, -0.2) is 15.0 Å². The van der Waals surface area contributed by atoms with Gasteiger partial charge < -0.3 is 8.98 Å². The fourth-order valence-electron chi connectivity index (χ4n) is 10.3. The molecule has 0 aliphatic carbocycles. The first-order valence-corrected chi connectivity index (χ1v) is 22.3. The van der Waals surface area contributed by atoms with Crippen molar-refractivity contribution in [2.45, 2.75) is 0 Å². The molecule has 5 heteroatoms. The lowest BCUT2D eigenvalue weighted by molar-refractivity contribution is 0.672. The maximum atomic E-state index is 7.09. The van der Waals surface area contributed by atoms with Crippen molar-refractivity contribution in [2.75, 3.05) is 0 Å². The fraction of sp³-hybridized carbons (Fsp3) is 0. The number of rotatable bonds is 5. The summed E-state index contributed by atoms with van der Waals surface area (Å²) in [6.07, 6.45) is 0. The Labute approximate surface area is 378 Å². The molecule has 0 radical (unpaired) electrons. The molecule has 3 aromatic heterocycles. The molecule has 14 aromatic rings. The summed E-state index contributed by atoms with van der Waals surface area (Å²) < 4.78 is 9.53. The Hall–Kier alpha value is -8.93. The van der Waals surface area contributed by atoms with Crippen LogP contribution in [0.2, 0.25) is 0 Å². The molecule has 0 aliphatic rings. The van der Waals surface area contributed by atoms with Gasteiger partial charge in [0.2, 0.25) is 0 Å². The van der Waals surface area contributed by atoms with Crippen molar-refractivity contribution < 1.29 is 4.42 Å². The number of hydrogen-bond donors (Lipinski definition) is 0. The molecule has 14 rings (SSSR count). The third-order valence-electron chi connectivity index (χ3n) is 13.4. The van der Waals surface area contributed by atoms with Crippen LogP contribution in [-0.2, 0) is 0 Å². The van der Waals surface area contributed by atoms with Crippen molar-refractivity contribution in [1.82, 2.24) is 19.5 Å². The molecule has 0 fully saturated rings. The van der Waals surface area contributed by atoms with E-state index in [1.807, 2.05) is 6.07 Å². The van der Waals surface area contributed by atoms with E-state index in [1.165, 1.54) is 32.3 Å². The predicted molar refractivity (Wildman–Crippen MR) is 273 cm³/mol. The molecule has 306 valence electrons. The number of hydrogen-bond acceptors (Lipinski definition) is 4. The van der Waals surface area contributed by atoms with Gasteiger partial charge in [0.1, 0.15) is 11.2 Å². The molecule has 66 heavy (non-hydrogen) atoms. The SMILES string of the molecule is c1ccc(-c2ccc(-c3nc(-c4cc(-n5c6cc7ccccc7cc6c6c7ccccc7ccc65)c5c(c4)oc4c6ccccc6ccc45)nc(-c4cccc5ccccc45)n3)cc2)cc1. The van der Waals surface area contributed by atoms with Gasteiger partial charge >= 0.3 is 0 Å². The molecule has 0 unspecified atom stereocenters. The van der Waals surface area contributed by atoms with Crippen molar-refractivity contribution in [1.29, 1.82) is 0 Å². The smallest absolute Gasteiger partial charge is 0.164 e. The van der Waals surface area contributed by atoms with Crippen LogP contribution in [-0.4, -0.2) is 19.5 Å². The van der Waals surface area contributed by atoms with Crippen molar-refractivity contribution >= 4 is 86.8 Å². The Morgan fingerprint density at radius 1 is 0.318 bits per heavy atom. The largest absolute Gasteiger partial charge is 0.455 e. The molecule has 0 saturated carbocycles.